The highest BCUT2D eigenvalue weighted by molar-refractivity contribution is 5.60. The van der Waals surface area contributed by atoms with Gasteiger partial charge in [0.2, 0.25) is 0 Å². The van der Waals surface area contributed by atoms with Crippen LogP contribution in [0.25, 0.3) is 11.3 Å². The molecule has 0 amide bonds. The van der Waals surface area contributed by atoms with Crippen molar-refractivity contribution in [1.82, 2.24) is 9.97 Å². The summed E-state index contributed by atoms with van der Waals surface area (Å²) in [5.74, 6) is 1.24. The average Bonchev–Trinajstić information content (AvgIpc) is 2.75. The van der Waals surface area contributed by atoms with Crippen molar-refractivity contribution in [3.63, 3.8) is 0 Å². The van der Waals surface area contributed by atoms with Crippen LogP contribution in [0.5, 0.6) is 0 Å². The molecule has 1 unspecified atom stereocenters. The number of benzene rings is 1. The lowest BCUT2D eigenvalue weighted by molar-refractivity contribution is 0.494. The molecule has 3 nitrogen and oxygen atoms in total. The predicted molar refractivity (Wildman–Crippen MR) is 75.3 cm³/mol. The third kappa shape index (κ3) is 2.62. The van der Waals surface area contributed by atoms with Crippen molar-refractivity contribution in [2.75, 3.05) is 0 Å². The molecular formula is C15H21N3. The zero-order valence-corrected chi connectivity index (χ0v) is 11.5. The van der Waals surface area contributed by atoms with Gasteiger partial charge in [0.05, 0.1) is 17.9 Å². The summed E-state index contributed by atoms with van der Waals surface area (Å²) in [5, 5.41) is 0. The Labute approximate surface area is 108 Å². The summed E-state index contributed by atoms with van der Waals surface area (Å²) < 4.78 is 0. The monoisotopic (exact) mass is 243 g/mol. The fourth-order valence-corrected chi connectivity index (χ4v) is 2.10. The molecule has 2 aromatic rings. The fraction of sp³-hybridized carbons (Fsp3) is 0.400. The molecule has 96 valence electrons. The Morgan fingerprint density at radius 1 is 1.11 bits per heavy atom. The van der Waals surface area contributed by atoms with Crippen LogP contribution >= 0.6 is 0 Å². The van der Waals surface area contributed by atoms with E-state index >= 15 is 0 Å². The van der Waals surface area contributed by atoms with Gasteiger partial charge in [-0.3, -0.25) is 0 Å². The number of aromatic amines is 1. The first-order valence-corrected chi connectivity index (χ1v) is 6.36. The normalized spacial score (nSPS) is 13.0. The molecule has 0 aliphatic rings. The molecule has 1 atom stereocenters. The maximum atomic E-state index is 6.10. The Hall–Kier alpha value is -1.61. The van der Waals surface area contributed by atoms with Gasteiger partial charge in [0.15, 0.2) is 0 Å². The molecule has 1 aromatic carbocycles. The Morgan fingerprint density at radius 3 is 2.28 bits per heavy atom. The van der Waals surface area contributed by atoms with Gasteiger partial charge in [0, 0.05) is 5.56 Å². The molecule has 1 heterocycles. The number of H-pyrrole nitrogens is 1. The number of nitrogens with two attached hydrogens (primary N) is 1. The Kier molecular flexibility index (Phi) is 3.53. The number of nitrogens with zero attached hydrogens (tertiary/aromatic N) is 1. The third-order valence-corrected chi connectivity index (χ3v) is 3.16. The van der Waals surface area contributed by atoms with Crippen LogP contribution in [-0.4, -0.2) is 9.97 Å². The smallest absolute Gasteiger partial charge is 0.123 e. The molecule has 0 saturated heterocycles. The molecule has 18 heavy (non-hydrogen) atoms. The van der Waals surface area contributed by atoms with Crippen LogP contribution in [0.3, 0.4) is 0 Å². The summed E-state index contributed by atoms with van der Waals surface area (Å²) in [4.78, 5) is 7.72. The van der Waals surface area contributed by atoms with Crippen LogP contribution < -0.4 is 5.73 Å². The number of aromatic nitrogens is 2. The number of imidazole rings is 1. The number of rotatable bonds is 3. The van der Waals surface area contributed by atoms with E-state index in [2.05, 4.69) is 55.9 Å². The zero-order valence-electron chi connectivity index (χ0n) is 11.5. The molecule has 0 saturated carbocycles. The maximum absolute atomic E-state index is 6.10. The average molecular weight is 243 g/mol. The van der Waals surface area contributed by atoms with Gasteiger partial charge < -0.3 is 10.7 Å². The van der Waals surface area contributed by atoms with Gasteiger partial charge >= 0.3 is 0 Å². The van der Waals surface area contributed by atoms with Crippen molar-refractivity contribution >= 4 is 0 Å². The van der Waals surface area contributed by atoms with E-state index in [1.807, 2.05) is 6.20 Å². The van der Waals surface area contributed by atoms with Crippen molar-refractivity contribution in [3.8, 4) is 11.3 Å². The second-order valence-corrected chi connectivity index (χ2v) is 5.33. The zero-order chi connectivity index (χ0) is 13.3. The first kappa shape index (κ1) is 12.8. The summed E-state index contributed by atoms with van der Waals surface area (Å²) >= 11 is 0. The van der Waals surface area contributed by atoms with Gasteiger partial charge in [-0.05, 0) is 31.9 Å². The van der Waals surface area contributed by atoms with Crippen LogP contribution in [0, 0.1) is 19.8 Å². The second-order valence-electron chi connectivity index (χ2n) is 5.33. The maximum Gasteiger partial charge on any atom is 0.123 e. The topological polar surface area (TPSA) is 54.7 Å². The van der Waals surface area contributed by atoms with Crippen LogP contribution in [0.15, 0.2) is 24.4 Å². The lowest BCUT2D eigenvalue weighted by atomic mass is 10.0. The molecule has 0 aliphatic heterocycles. The van der Waals surface area contributed by atoms with Crippen molar-refractivity contribution in [2.45, 2.75) is 33.7 Å². The lowest BCUT2D eigenvalue weighted by Crippen LogP contribution is -2.18. The van der Waals surface area contributed by atoms with Crippen LogP contribution in [-0.2, 0) is 0 Å². The van der Waals surface area contributed by atoms with E-state index in [-0.39, 0.29) is 6.04 Å². The molecule has 2 rings (SSSR count). The van der Waals surface area contributed by atoms with Gasteiger partial charge in [0.1, 0.15) is 5.82 Å². The molecule has 0 aliphatic carbocycles. The minimum absolute atomic E-state index is 0.0374. The number of aryl methyl sites for hydroxylation is 2. The predicted octanol–water partition coefficient (Wildman–Crippen LogP) is 3.35. The molecule has 0 fully saturated rings. The number of hydrogen-bond acceptors (Lipinski definition) is 2. The van der Waals surface area contributed by atoms with E-state index in [1.54, 1.807) is 0 Å². The molecular weight excluding hydrogens is 222 g/mol. The van der Waals surface area contributed by atoms with E-state index in [9.17, 15) is 0 Å². The summed E-state index contributed by atoms with van der Waals surface area (Å²) in [7, 11) is 0. The van der Waals surface area contributed by atoms with E-state index in [0.29, 0.717) is 5.92 Å². The first-order chi connectivity index (χ1) is 8.47. The lowest BCUT2D eigenvalue weighted by Gasteiger charge is -2.12. The van der Waals surface area contributed by atoms with Crippen molar-refractivity contribution in [1.29, 1.82) is 0 Å². The molecule has 0 spiro atoms. The van der Waals surface area contributed by atoms with Crippen LogP contribution in [0.2, 0.25) is 0 Å². The van der Waals surface area contributed by atoms with Gasteiger partial charge in [-0.2, -0.15) is 0 Å². The minimum Gasteiger partial charge on any atom is -0.341 e. The van der Waals surface area contributed by atoms with Gasteiger partial charge in [-0.1, -0.05) is 31.0 Å². The summed E-state index contributed by atoms with van der Waals surface area (Å²) in [6.07, 6.45) is 1.87. The Balaban J connectivity index is 2.35. The fourth-order valence-electron chi connectivity index (χ4n) is 2.10. The van der Waals surface area contributed by atoms with Gasteiger partial charge in [-0.25, -0.2) is 4.98 Å². The molecule has 3 N–H and O–H groups in total. The highest BCUT2D eigenvalue weighted by Crippen LogP contribution is 2.23. The first-order valence-electron chi connectivity index (χ1n) is 6.36. The molecule has 3 heteroatoms. The number of hydrogen-bond donors (Lipinski definition) is 2. The molecule has 0 bridgehead atoms. The standard InChI is InChI=1S/C15H21N3/c1-9(2)14(16)15-17-8-13(18-15)12-6-10(3)5-11(4)7-12/h5-9,14H,16H2,1-4H3,(H,17,18). The number of nitrogens with one attached hydrogen (secondary N) is 1. The quantitative estimate of drug-likeness (QED) is 0.868. The van der Waals surface area contributed by atoms with Crippen molar-refractivity contribution < 1.29 is 0 Å². The third-order valence-electron chi connectivity index (χ3n) is 3.16. The second kappa shape index (κ2) is 4.94. The molecule has 1 aromatic heterocycles. The highest BCUT2D eigenvalue weighted by atomic mass is 15.0. The van der Waals surface area contributed by atoms with E-state index in [0.717, 1.165) is 11.5 Å². The van der Waals surface area contributed by atoms with E-state index in [4.69, 9.17) is 5.73 Å². The van der Waals surface area contributed by atoms with Crippen molar-refractivity contribution in [2.24, 2.45) is 11.7 Å². The largest absolute Gasteiger partial charge is 0.341 e. The Bertz CT molecular complexity index is 520. The van der Waals surface area contributed by atoms with E-state index in [1.165, 1.54) is 16.7 Å². The SMILES string of the molecule is Cc1cc(C)cc(-c2cnc(C(N)C(C)C)[nH]2)c1. The highest BCUT2D eigenvalue weighted by Gasteiger charge is 2.14. The summed E-state index contributed by atoms with van der Waals surface area (Å²) in [6, 6.07) is 6.45. The minimum atomic E-state index is -0.0374. The van der Waals surface area contributed by atoms with Gasteiger partial charge in [-0.15, -0.1) is 0 Å². The summed E-state index contributed by atoms with van der Waals surface area (Å²) in [6.45, 7) is 8.41. The summed E-state index contributed by atoms with van der Waals surface area (Å²) in [5.41, 5.74) is 10.8. The van der Waals surface area contributed by atoms with E-state index < -0.39 is 0 Å². The van der Waals surface area contributed by atoms with Crippen LogP contribution in [0.4, 0.5) is 0 Å². The van der Waals surface area contributed by atoms with Gasteiger partial charge in [0.25, 0.3) is 0 Å². The molecule has 0 radical (unpaired) electrons. The Morgan fingerprint density at radius 2 is 1.72 bits per heavy atom. The van der Waals surface area contributed by atoms with Crippen molar-refractivity contribution in [3.05, 3.63) is 41.3 Å². The van der Waals surface area contributed by atoms with Crippen LogP contribution in [0.1, 0.15) is 36.8 Å².